The monoisotopic (exact) mass is 467 g/mol. The highest BCUT2D eigenvalue weighted by Crippen LogP contribution is 2.41. The summed E-state index contributed by atoms with van der Waals surface area (Å²) in [6.07, 6.45) is 3.00. The number of furan rings is 1. The van der Waals surface area contributed by atoms with Crippen molar-refractivity contribution in [2.75, 3.05) is 33.3 Å². The van der Waals surface area contributed by atoms with Crippen molar-refractivity contribution in [1.29, 1.82) is 0 Å². The molecule has 0 saturated carbocycles. The van der Waals surface area contributed by atoms with Crippen LogP contribution in [0.2, 0.25) is 0 Å². The summed E-state index contributed by atoms with van der Waals surface area (Å²) in [7, 11) is 1.58. The summed E-state index contributed by atoms with van der Waals surface area (Å²) >= 11 is 0. The lowest BCUT2D eigenvalue weighted by Crippen LogP contribution is -2.49. The molecular formula is C26H33N3O5. The Bertz CT molecular complexity index is 1100. The molecule has 1 spiro atoms. The molecule has 182 valence electrons. The zero-order valence-electron chi connectivity index (χ0n) is 20.2. The van der Waals surface area contributed by atoms with Crippen LogP contribution in [0.4, 0.5) is 0 Å². The number of nitrogens with one attached hydrogen (secondary N) is 1. The summed E-state index contributed by atoms with van der Waals surface area (Å²) in [6.45, 7) is 9.74. The van der Waals surface area contributed by atoms with E-state index in [9.17, 15) is 14.4 Å². The van der Waals surface area contributed by atoms with Crippen molar-refractivity contribution in [2.24, 2.45) is 5.41 Å². The Morgan fingerprint density at radius 3 is 2.44 bits per heavy atom. The third-order valence-corrected chi connectivity index (χ3v) is 7.03. The fourth-order valence-electron chi connectivity index (χ4n) is 5.19. The summed E-state index contributed by atoms with van der Waals surface area (Å²) in [5, 5.41) is 3.61. The van der Waals surface area contributed by atoms with Crippen LogP contribution in [-0.4, -0.2) is 66.9 Å². The predicted molar refractivity (Wildman–Crippen MR) is 129 cm³/mol. The van der Waals surface area contributed by atoms with Crippen LogP contribution in [0.15, 0.2) is 40.8 Å². The van der Waals surface area contributed by atoms with Gasteiger partial charge in [-0.05, 0) is 50.2 Å². The number of likely N-dealkylation sites (tertiary alicyclic amines) is 2. The number of nitrogens with zero attached hydrogens (tertiary/aromatic N) is 2. The van der Waals surface area contributed by atoms with Crippen LogP contribution in [0.25, 0.3) is 11.0 Å². The first-order valence-electron chi connectivity index (χ1n) is 11.8. The third kappa shape index (κ3) is 4.81. The highest BCUT2D eigenvalue weighted by molar-refractivity contribution is 5.97. The molecule has 1 aromatic heterocycles. The molecule has 8 heteroatoms. The number of carbonyl (C=O) groups excluding carboxylic acids is 3. The number of rotatable bonds is 6. The van der Waals surface area contributed by atoms with E-state index in [1.165, 1.54) is 6.92 Å². The molecule has 2 aromatic rings. The van der Waals surface area contributed by atoms with E-state index in [4.69, 9.17) is 9.15 Å². The maximum Gasteiger partial charge on any atom is 0.289 e. The summed E-state index contributed by atoms with van der Waals surface area (Å²) in [4.78, 5) is 41.5. The molecule has 8 nitrogen and oxygen atoms in total. The van der Waals surface area contributed by atoms with Crippen molar-refractivity contribution in [2.45, 2.75) is 45.6 Å². The van der Waals surface area contributed by atoms with Gasteiger partial charge in [0.25, 0.3) is 5.91 Å². The molecule has 2 aliphatic rings. The van der Waals surface area contributed by atoms with Gasteiger partial charge in [0.05, 0.1) is 7.11 Å². The lowest BCUT2D eigenvalue weighted by molar-refractivity contribution is -0.135. The van der Waals surface area contributed by atoms with E-state index >= 15 is 0 Å². The zero-order valence-corrected chi connectivity index (χ0v) is 20.2. The SMILES string of the molecule is C=C(C)C[C@H](NC(C)=O)C(=O)N1CCC2(CCN(C(=O)c3cc4cccc(OC)c4o3)CC2)C1. The van der Waals surface area contributed by atoms with Gasteiger partial charge in [0.1, 0.15) is 6.04 Å². The molecule has 1 atom stereocenters. The normalized spacial score (nSPS) is 18.2. The van der Waals surface area contributed by atoms with Crippen LogP contribution in [-0.2, 0) is 9.59 Å². The van der Waals surface area contributed by atoms with Crippen molar-refractivity contribution in [3.05, 3.63) is 42.2 Å². The number of piperidine rings is 1. The smallest absolute Gasteiger partial charge is 0.289 e. The highest BCUT2D eigenvalue weighted by atomic mass is 16.5. The predicted octanol–water partition coefficient (Wildman–Crippen LogP) is 3.37. The number of para-hydroxylation sites is 1. The molecule has 0 bridgehead atoms. The van der Waals surface area contributed by atoms with Crippen LogP contribution in [0.3, 0.4) is 0 Å². The van der Waals surface area contributed by atoms with Crippen LogP contribution in [0, 0.1) is 5.41 Å². The molecule has 0 unspecified atom stereocenters. The molecule has 1 N–H and O–H groups in total. The van der Waals surface area contributed by atoms with Crippen molar-refractivity contribution in [3.63, 3.8) is 0 Å². The van der Waals surface area contributed by atoms with E-state index in [0.29, 0.717) is 49.7 Å². The van der Waals surface area contributed by atoms with Crippen LogP contribution in [0.5, 0.6) is 5.75 Å². The zero-order chi connectivity index (χ0) is 24.5. The van der Waals surface area contributed by atoms with E-state index in [-0.39, 0.29) is 23.1 Å². The molecule has 0 radical (unpaired) electrons. The number of hydrogen-bond donors (Lipinski definition) is 1. The van der Waals surface area contributed by atoms with Crippen molar-refractivity contribution in [1.82, 2.24) is 15.1 Å². The average molecular weight is 468 g/mol. The average Bonchev–Trinajstić information content (AvgIpc) is 3.42. The molecule has 2 aliphatic heterocycles. The summed E-state index contributed by atoms with van der Waals surface area (Å²) in [6, 6.07) is 6.78. The maximum atomic E-state index is 13.1. The standard InChI is InChI=1S/C26H33N3O5/c1-17(2)14-20(27-18(3)30)24(31)29-13-10-26(16-29)8-11-28(12-9-26)25(32)22-15-19-6-5-7-21(33-4)23(19)34-22/h5-7,15,20H,1,8-14,16H2,2-4H3,(H,27,30)/t20-/m0/s1. The van der Waals surface area contributed by atoms with Crippen LogP contribution in [0.1, 0.15) is 50.1 Å². The van der Waals surface area contributed by atoms with Crippen molar-refractivity contribution < 1.29 is 23.5 Å². The van der Waals surface area contributed by atoms with Gasteiger partial charge < -0.3 is 24.3 Å². The maximum absolute atomic E-state index is 13.1. The van der Waals surface area contributed by atoms with Crippen LogP contribution < -0.4 is 10.1 Å². The molecule has 3 amide bonds. The summed E-state index contributed by atoms with van der Waals surface area (Å²) in [5.41, 5.74) is 1.44. The minimum absolute atomic E-state index is 0.00747. The van der Waals surface area contributed by atoms with Gasteiger partial charge in [0.2, 0.25) is 11.8 Å². The minimum Gasteiger partial charge on any atom is -0.493 e. The first-order chi connectivity index (χ1) is 16.2. The largest absolute Gasteiger partial charge is 0.493 e. The van der Waals surface area contributed by atoms with Crippen LogP contribution >= 0.6 is 0 Å². The highest BCUT2D eigenvalue weighted by Gasteiger charge is 2.44. The van der Waals surface area contributed by atoms with E-state index in [1.54, 1.807) is 13.2 Å². The van der Waals surface area contributed by atoms with Gasteiger partial charge in [-0.25, -0.2) is 0 Å². The van der Waals surface area contributed by atoms with E-state index in [1.807, 2.05) is 34.9 Å². The molecule has 4 rings (SSSR count). The number of methoxy groups -OCH3 is 1. The first kappa shape index (κ1) is 23.9. The van der Waals surface area contributed by atoms with Gasteiger partial charge in [-0.1, -0.05) is 17.7 Å². The molecule has 3 heterocycles. The number of benzene rings is 1. The van der Waals surface area contributed by atoms with Gasteiger partial charge in [0, 0.05) is 38.5 Å². The minimum atomic E-state index is -0.572. The van der Waals surface area contributed by atoms with Crippen molar-refractivity contribution >= 4 is 28.7 Å². The number of hydrogen-bond acceptors (Lipinski definition) is 5. The second kappa shape index (κ2) is 9.52. The van der Waals surface area contributed by atoms with Gasteiger partial charge in [-0.2, -0.15) is 0 Å². The second-order valence-electron chi connectivity index (χ2n) is 9.71. The number of amides is 3. The lowest BCUT2D eigenvalue weighted by atomic mass is 9.77. The van der Waals surface area contributed by atoms with Gasteiger partial charge in [-0.15, -0.1) is 6.58 Å². The molecular weight excluding hydrogens is 434 g/mol. The lowest BCUT2D eigenvalue weighted by Gasteiger charge is -2.39. The quantitative estimate of drug-likeness (QED) is 0.658. The first-order valence-corrected chi connectivity index (χ1v) is 11.8. The fraction of sp³-hybridized carbons (Fsp3) is 0.500. The van der Waals surface area contributed by atoms with E-state index < -0.39 is 6.04 Å². The summed E-state index contributed by atoms with van der Waals surface area (Å²) < 4.78 is 11.2. The number of ether oxygens (including phenoxy) is 1. The molecule has 34 heavy (non-hydrogen) atoms. The Hall–Kier alpha value is -3.29. The Kier molecular flexibility index (Phi) is 6.68. The molecule has 1 aromatic carbocycles. The molecule has 0 aliphatic carbocycles. The molecule has 2 fully saturated rings. The number of carbonyl (C=O) groups is 3. The Labute approximate surface area is 199 Å². The fourth-order valence-corrected chi connectivity index (χ4v) is 5.19. The van der Waals surface area contributed by atoms with Gasteiger partial charge >= 0.3 is 0 Å². The molecule has 2 saturated heterocycles. The van der Waals surface area contributed by atoms with Gasteiger partial charge in [-0.3, -0.25) is 14.4 Å². The Balaban J connectivity index is 1.39. The second-order valence-corrected chi connectivity index (χ2v) is 9.71. The summed E-state index contributed by atoms with van der Waals surface area (Å²) in [5.74, 6) is 0.533. The Morgan fingerprint density at radius 1 is 1.15 bits per heavy atom. The topological polar surface area (TPSA) is 92.1 Å². The third-order valence-electron chi connectivity index (χ3n) is 7.03. The van der Waals surface area contributed by atoms with E-state index in [2.05, 4.69) is 11.9 Å². The van der Waals surface area contributed by atoms with Gasteiger partial charge in [0.15, 0.2) is 17.1 Å². The Morgan fingerprint density at radius 2 is 1.82 bits per heavy atom. The van der Waals surface area contributed by atoms with E-state index in [0.717, 1.165) is 30.2 Å². The number of fused-ring (bicyclic) bond motifs is 1. The van der Waals surface area contributed by atoms with Crippen molar-refractivity contribution in [3.8, 4) is 5.75 Å².